The van der Waals surface area contributed by atoms with Gasteiger partial charge in [-0.2, -0.15) is 0 Å². The molecule has 1 fully saturated rings. The van der Waals surface area contributed by atoms with Crippen molar-refractivity contribution < 1.29 is 14.7 Å². The fourth-order valence-corrected chi connectivity index (χ4v) is 2.03. The third kappa shape index (κ3) is 1.76. The standard InChI is InChI=1S/C12H11NO3/c14-7-9-6-13-11(12(15)16)10(9)8-4-2-1-3-5-8/h1-5,10-11,13H,6H2,(H,15,16). The number of carbonyl (C=O) groups excluding carboxylic acids is 1. The van der Waals surface area contributed by atoms with Gasteiger partial charge < -0.3 is 5.11 Å². The van der Waals surface area contributed by atoms with Gasteiger partial charge in [0.2, 0.25) is 0 Å². The minimum atomic E-state index is -0.945. The van der Waals surface area contributed by atoms with Crippen LogP contribution in [0.3, 0.4) is 0 Å². The fraction of sp³-hybridized carbons (Fsp3) is 0.250. The summed E-state index contributed by atoms with van der Waals surface area (Å²) in [5.74, 6) is 0.487. The molecule has 1 aromatic rings. The number of hydrogen-bond acceptors (Lipinski definition) is 3. The molecule has 2 atom stereocenters. The molecule has 0 aromatic heterocycles. The average molecular weight is 217 g/mol. The molecule has 0 radical (unpaired) electrons. The summed E-state index contributed by atoms with van der Waals surface area (Å²) in [6.07, 6.45) is 0. The Morgan fingerprint density at radius 1 is 1.38 bits per heavy atom. The molecule has 2 rings (SSSR count). The van der Waals surface area contributed by atoms with Gasteiger partial charge in [0.05, 0.1) is 0 Å². The lowest BCUT2D eigenvalue weighted by Gasteiger charge is -2.15. The maximum absolute atomic E-state index is 11.0. The van der Waals surface area contributed by atoms with Crippen LogP contribution in [0, 0.1) is 0 Å². The van der Waals surface area contributed by atoms with Crippen LogP contribution in [0.4, 0.5) is 0 Å². The van der Waals surface area contributed by atoms with E-state index < -0.39 is 17.9 Å². The maximum atomic E-state index is 11.0. The molecule has 0 saturated carbocycles. The van der Waals surface area contributed by atoms with E-state index >= 15 is 0 Å². The van der Waals surface area contributed by atoms with Crippen LogP contribution >= 0.6 is 0 Å². The number of rotatable bonds is 2. The highest BCUT2D eigenvalue weighted by molar-refractivity contribution is 5.79. The quantitative estimate of drug-likeness (QED) is 0.711. The number of carboxylic acids is 1. The Balaban J connectivity index is 2.42. The lowest BCUT2D eigenvalue weighted by Crippen LogP contribution is -2.34. The minimum absolute atomic E-state index is 0.292. The van der Waals surface area contributed by atoms with Gasteiger partial charge in [-0.25, -0.2) is 4.79 Å². The molecule has 0 bridgehead atoms. The highest BCUT2D eigenvalue weighted by Gasteiger charge is 2.38. The van der Waals surface area contributed by atoms with Gasteiger partial charge in [-0.05, 0) is 5.56 Å². The maximum Gasteiger partial charge on any atom is 0.321 e. The second-order valence-corrected chi connectivity index (χ2v) is 3.71. The summed E-state index contributed by atoms with van der Waals surface area (Å²) in [5, 5.41) is 11.9. The predicted octanol–water partition coefficient (Wildman–Crippen LogP) is 0.585. The molecule has 1 aromatic carbocycles. The Morgan fingerprint density at radius 3 is 2.62 bits per heavy atom. The van der Waals surface area contributed by atoms with Crippen LogP contribution in [0.2, 0.25) is 0 Å². The van der Waals surface area contributed by atoms with Crippen molar-refractivity contribution in [1.82, 2.24) is 5.32 Å². The van der Waals surface area contributed by atoms with Crippen molar-refractivity contribution in [2.75, 3.05) is 6.54 Å². The molecule has 2 unspecified atom stereocenters. The van der Waals surface area contributed by atoms with E-state index in [4.69, 9.17) is 5.11 Å². The number of carbonyl (C=O) groups is 1. The van der Waals surface area contributed by atoms with E-state index in [-0.39, 0.29) is 0 Å². The molecule has 0 amide bonds. The second kappa shape index (κ2) is 4.31. The van der Waals surface area contributed by atoms with Crippen molar-refractivity contribution in [1.29, 1.82) is 0 Å². The summed E-state index contributed by atoms with van der Waals surface area (Å²) in [4.78, 5) is 21.8. The smallest absolute Gasteiger partial charge is 0.321 e. The SMILES string of the molecule is O=C=C1CNC(C(=O)O)C1c1ccccc1. The summed E-state index contributed by atoms with van der Waals surface area (Å²) in [7, 11) is 0. The van der Waals surface area contributed by atoms with Crippen molar-refractivity contribution in [3.63, 3.8) is 0 Å². The van der Waals surface area contributed by atoms with Crippen LogP contribution in [0.5, 0.6) is 0 Å². The number of aliphatic carboxylic acids is 1. The van der Waals surface area contributed by atoms with Crippen LogP contribution in [0.1, 0.15) is 11.5 Å². The van der Waals surface area contributed by atoms with E-state index in [9.17, 15) is 9.59 Å². The molecule has 82 valence electrons. The molecule has 1 saturated heterocycles. The Bertz CT molecular complexity index is 449. The second-order valence-electron chi connectivity index (χ2n) is 3.71. The van der Waals surface area contributed by atoms with Gasteiger partial charge in [0, 0.05) is 18.0 Å². The van der Waals surface area contributed by atoms with Crippen molar-refractivity contribution in [3.8, 4) is 0 Å². The van der Waals surface area contributed by atoms with Gasteiger partial charge in [0.15, 0.2) is 0 Å². The van der Waals surface area contributed by atoms with Gasteiger partial charge >= 0.3 is 5.97 Å². The monoisotopic (exact) mass is 217 g/mol. The molecule has 4 heteroatoms. The molecule has 4 nitrogen and oxygen atoms in total. The van der Waals surface area contributed by atoms with Gasteiger partial charge in [-0.15, -0.1) is 0 Å². The molecular weight excluding hydrogens is 206 g/mol. The third-order valence-corrected chi connectivity index (χ3v) is 2.78. The van der Waals surface area contributed by atoms with Crippen molar-refractivity contribution >= 4 is 11.9 Å². The summed E-state index contributed by atoms with van der Waals surface area (Å²) in [5.41, 5.74) is 1.30. The van der Waals surface area contributed by atoms with Crippen molar-refractivity contribution in [2.24, 2.45) is 0 Å². The molecule has 0 aliphatic carbocycles. The van der Waals surface area contributed by atoms with Crippen molar-refractivity contribution in [2.45, 2.75) is 12.0 Å². The van der Waals surface area contributed by atoms with Gasteiger partial charge in [-0.1, -0.05) is 30.3 Å². The van der Waals surface area contributed by atoms with Crippen LogP contribution in [-0.2, 0) is 9.59 Å². The third-order valence-electron chi connectivity index (χ3n) is 2.78. The van der Waals surface area contributed by atoms with Crippen LogP contribution in [0.15, 0.2) is 35.9 Å². The summed E-state index contributed by atoms with van der Waals surface area (Å²) in [6, 6.07) is 8.42. The number of benzene rings is 1. The first-order valence-electron chi connectivity index (χ1n) is 4.99. The molecule has 1 aliphatic rings. The molecule has 2 N–H and O–H groups in total. The normalized spacial score (nSPS) is 24.1. The predicted molar refractivity (Wildman–Crippen MR) is 57.8 cm³/mol. The summed E-state index contributed by atoms with van der Waals surface area (Å²) < 4.78 is 0. The van der Waals surface area contributed by atoms with E-state index in [1.807, 2.05) is 36.3 Å². The molecular formula is C12H11NO3. The number of nitrogens with one attached hydrogen (secondary N) is 1. The Hall–Kier alpha value is -1.90. The van der Waals surface area contributed by atoms with E-state index in [2.05, 4.69) is 5.32 Å². The first-order chi connectivity index (χ1) is 7.74. The average Bonchev–Trinajstić information content (AvgIpc) is 2.73. The van der Waals surface area contributed by atoms with Crippen LogP contribution in [0.25, 0.3) is 0 Å². The molecule has 1 aliphatic heterocycles. The van der Waals surface area contributed by atoms with E-state index in [1.165, 1.54) is 0 Å². The summed E-state index contributed by atoms with van der Waals surface area (Å²) >= 11 is 0. The van der Waals surface area contributed by atoms with E-state index in [1.54, 1.807) is 0 Å². The molecule has 1 heterocycles. The largest absolute Gasteiger partial charge is 0.480 e. The van der Waals surface area contributed by atoms with E-state index in [0.717, 1.165) is 5.56 Å². The number of carboxylic acid groups (broad SMARTS) is 1. The fourth-order valence-electron chi connectivity index (χ4n) is 2.03. The van der Waals surface area contributed by atoms with Crippen LogP contribution < -0.4 is 5.32 Å². The van der Waals surface area contributed by atoms with Gasteiger partial charge in [0.25, 0.3) is 0 Å². The Morgan fingerprint density at radius 2 is 2.06 bits per heavy atom. The number of hydrogen-bond donors (Lipinski definition) is 2. The lowest BCUT2D eigenvalue weighted by atomic mass is 9.89. The zero-order valence-electron chi connectivity index (χ0n) is 8.51. The summed E-state index contributed by atoms with van der Waals surface area (Å²) in [6.45, 7) is 0.292. The minimum Gasteiger partial charge on any atom is -0.480 e. The van der Waals surface area contributed by atoms with Gasteiger partial charge in [-0.3, -0.25) is 10.1 Å². The zero-order chi connectivity index (χ0) is 11.5. The Kier molecular flexibility index (Phi) is 2.86. The zero-order valence-corrected chi connectivity index (χ0v) is 8.51. The topological polar surface area (TPSA) is 66.4 Å². The van der Waals surface area contributed by atoms with Crippen molar-refractivity contribution in [3.05, 3.63) is 41.5 Å². The van der Waals surface area contributed by atoms with Gasteiger partial charge in [0.1, 0.15) is 12.0 Å². The Labute approximate surface area is 92.6 Å². The lowest BCUT2D eigenvalue weighted by molar-refractivity contribution is -0.139. The first-order valence-corrected chi connectivity index (χ1v) is 4.99. The van der Waals surface area contributed by atoms with Crippen LogP contribution in [-0.4, -0.2) is 29.6 Å². The highest BCUT2D eigenvalue weighted by Crippen LogP contribution is 2.30. The first kappa shape index (κ1) is 10.6. The van der Waals surface area contributed by atoms with E-state index in [0.29, 0.717) is 12.1 Å². The molecule has 16 heavy (non-hydrogen) atoms. The molecule has 0 spiro atoms. The highest BCUT2D eigenvalue weighted by atomic mass is 16.4.